The van der Waals surface area contributed by atoms with Gasteiger partial charge in [-0.15, -0.1) is 0 Å². The second kappa shape index (κ2) is 44.8. The highest BCUT2D eigenvalue weighted by Gasteiger charge is 2.32. The minimum atomic E-state index is -4.28. The molecule has 0 aromatic heterocycles. The molecule has 0 radical (unpaired) electrons. The first-order valence-corrected chi connectivity index (χ1v) is 38.1. The number of hydrogen-bond donors (Lipinski definition) is 4. The molecule has 0 saturated heterocycles. The summed E-state index contributed by atoms with van der Waals surface area (Å²) in [5.41, 5.74) is 9.32. The van der Waals surface area contributed by atoms with Crippen LogP contribution < -0.4 is 5.73 Å². The van der Waals surface area contributed by atoms with Crippen LogP contribution in [0.2, 0.25) is 0 Å². The van der Waals surface area contributed by atoms with Crippen LogP contribution in [-0.4, -0.2) is 149 Å². The fourth-order valence-electron chi connectivity index (χ4n) is 11.0. The van der Waals surface area contributed by atoms with Gasteiger partial charge in [0.1, 0.15) is 19.8 Å². The van der Waals surface area contributed by atoms with Gasteiger partial charge in [0.2, 0.25) is 5.91 Å². The van der Waals surface area contributed by atoms with E-state index in [9.17, 15) is 58.3 Å². The van der Waals surface area contributed by atoms with Gasteiger partial charge < -0.3 is 43.6 Å². The monoisotopic (exact) mass is 1430 g/mol. The number of esters is 4. The molecule has 4 aromatic carbocycles. The minimum Gasteiger partial charge on any atom is -0.465 e. The third-order valence-corrected chi connectivity index (χ3v) is 19.7. The second-order valence-corrected chi connectivity index (χ2v) is 29.4. The molecule has 0 aliphatic heterocycles. The number of rotatable bonds is 41. The standard InChI is InChI=1S/C24H36O9S.C24H32O6S.C19H29NO6S.C5H10O/c1-4-18(19-5-9-22(10-6-19)34(27,28)29)16-20(24(26)33-12-11-30-3)15-17(2)23(25)32-14-13-31-21-7-8-21;1-4-19(21-10-12-23(13-11-21)31(26,27)28)17-22(24(25)30-15-14-29-3)16-18(2)20-8-6-5-7-9-20;1-4-10-26-19(22)13(3)11-16(18(20)21)12-14(5-2)15-6-8-17(9-7-15)27(23,24)25;1-6-4-5-2-3-5/h5-6,9-10,17-18,20-21H,4,7-8,11-16H2,1-3H3,(H,27,28,29);5-13,18-19,22H,4,14-17H2,1-3H3,(H,26,27,28);6-9,13-14,16H,4-5,10-12H2,1-3H3,(H2,20,21)(H,23,24,25);5H,2-4H2,1H3. The van der Waals surface area contributed by atoms with Gasteiger partial charge in [0, 0.05) is 33.9 Å². The molecular weight excluding hydrogens is 1330 g/mol. The van der Waals surface area contributed by atoms with E-state index in [1.807, 2.05) is 45.9 Å². The lowest BCUT2D eigenvalue weighted by molar-refractivity contribution is -0.154. The van der Waals surface area contributed by atoms with Crippen LogP contribution in [0.15, 0.2) is 118 Å². The van der Waals surface area contributed by atoms with Gasteiger partial charge in [-0.1, -0.05) is 115 Å². The van der Waals surface area contributed by atoms with Crippen molar-refractivity contribution in [2.24, 2.45) is 41.2 Å². The van der Waals surface area contributed by atoms with E-state index in [0.717, 1.165) is 54.9 Å². The summed E-state index contributed by atoms with van der Waals surface area (Å²) >= 11 is 0. The van der Waals surface area contributed by atoms with E-state index in [1.54, 1.807) is 64.5 Å². The lowest BCUT2D eigenvalue weighted by Gasteiger charge is -2.25. The van der Waals surface area contributed by atoms with E-state index >= 15 is 0 Å². The summed E-state index contributed by atoms with van der Waals surface area (Å²) in [6.45, 7) is 16.2. The smallest absolute Gasteiger partial charge is 0.309 e. The summed E-state index contributed by atoms with van der Waals surface area (Å²) < 4.78 is 137. The molecule has 0 heterocycles. The van der Waals surface area contributed by atoms with Crippen molar-refractivity contribution in [2.45, 2.75) is 183 Å². The van der Waals surface area contributed by atoms with Gasteiger partial charge in [0.15, 0.2) is 0 Å². The van der Waals surface area contributed by atoms with Crippen molar-refractivity contribution in [3.8, 4) is 0 Å². The predicted molar refractivity (Wildman–Crippen MR) is 370 cm³/mol. The van der Waals surface area contributed by atoms with Gasteiger partial charge in [-0.05, 0) is 178 Å². The van der Waals surface area contributed by atoms with Crippen LogP contribution in [0.5, 0.6) is 0 Å². The van der Waals surface area contributed by atoms with Crippen molar-refractivity contribution in [3.05, 3.63) is 125 Å². The van der Waals surface area contributed by atoms with Crippen LogP contribution in [0.4, 0.5) is 0 Å². The summed E-state index contributed by atoms with van der Waals surface area (Å²) in [5.74, 6) is -3.13. The van der Waals surface area contributed by atoms with Crippen molar-refractivity contribution < 1.29 is 101 Å². The topological polar surface area (TPSA) is 348 Å². The maximum atomic E-state index is 12.9. The molecule has 5 N–H and O–H groups in total. The average molecular weight is 1430 g/mol. The molecule has 2 saturated carbocycles. The van der Waals surface area contributed by atoms with E-state index in [2.05, 4.69) is 19.1 Å². The zero-order valence-corrected chi connectivity index (χ0v) is 61.1. The van der Waals surface area contributed by atoms with Crippen LogP contribution in [0.3, 0.4) is 0 Å². The molecule has 26 heteroatoms. The Balaban J connectivity index is 0.000000367. The third-order valence-electron chi connectivity index (χ3n) is 17.1. The maximum absolute atomic E-state index is 12.9. The zero-order valence-electron chi connectivity index (χ0n) is 58.6. The molecule has 0 spiro atoms. The second-order valence-electron chi connectivity index (χ2n) is 25.1. The molecule has 6 rings (SSSR count). The number of methoxy groups -OCH3 is 3. The number of primary amides is 1. The first kappa shape index (κ1) is 86.0. The summed E-state index contributed by atoms with van der Waals surface area (Å²) in [6.07, 6.45) is 10.8. The number of ether oxygens (including phenoxy) is 8. The molecule has 9 atom stereocenters. The Hall–Kier alpha value is -6.20. The van der Waals surface area contributed by atoms with Crippen LogP contribution in [0, 0.1) is 35.5 Å². The summed E-state index contributed by atoms with van der Waals surface area (Å²) in [6, 6.07) is 28.1. The molecule has 98 heavy (non-hydrogen) atoms. The molecule has 2 aliphatic rings. The Kier molecular flexibility index (Phi) is 39.4. The number of benzene rings is 4. The van der Waals surface area contributed by atoms with Crippen LogP contribution in [0.25, 0.3) is 0 Å². The Bertz CT molecular complexity index is 3330. The Morgan fingerprint density at radius 2 is 0.786 bits per heavy atom. The molecule has 550 valence electrons. The van der Waals surface area contributed by atoms with Crippen LogP contribution >= 0.6 is 0 Å². The summed E-state index contributed by atoms with van der Waals surface area (Å²) in [5, 5.41) is 0. The quantitative estimate of drug-likeness (QED) is 0.0139. The number of hydrogen-bond acceptors (Lipinski definition) is 19. The van der Waals surface area contributed by atoms with Gasteiger partial charge in [0.05, 0.1) is 70.9 Å². The van der Waals surface area contributed by atoms with Crippen molar-refractivity contribution in [3.63, 3.8) is 0 Å². The van der Waals surface area contributed by atoms with E-state index < -0.39 is 65.9 Å². The number of carbonyl (C=O) groups excluding carboxylic acids is 5. The Labute approximate surface area is 581 Å². The van der Waals surface area contributed by atoms with Gasteiger partial charge in [-0.25, -0.2) is 0 Å². The lowest BCUT2D eigenvalue weighted by atomic mass is 9.81. The fraction of sp³-hybridized carbons (Fsp3) is 0.597. The van der Waals surface area contributed by atoms with Gasteiger partial charge in [-0.3, -0.25) is 37.6 Å². The summed E-state index contributed by atoms with van der Waals surface area (Å²) in [4.78, 5) is 61.5. The highest BCUT2D eigenvalue weighted by atomic mass is 32.2. The first-order chi connectivity index (χ1) is 46.4. The normalized spacial score (nSPS) is 15.8. The first-order valence-electron chi connectivity index (χ1n) is 33.8. The Morgan fingerprint density at radius 3 is 1.11 bits per heavy atom. The molecule has 2 aliphatic carbocycles. The van der Waals surface area contributed by atoms with Crippen LogP contribution in [0.1, 0.15) is 184 Å². The van der Waals surface area contributed by atoms with Gasteiger partial charge in [-0.2, -0.15) is 25.3 Å². The fourth-order valence-corrected chi connectivity index (χ4v) is 12.4. The Morgan fingerprint density at radius 1 is 0.429 bits per heavy atom. The number of amides is 1. The van der Waals surface area contributed by atoms with Crippen molar-refractivity contribution in [2.75, 3.05) is 74.2 Å². The number of carbonyl (C=O) groups is 5. The van der Waals surface area contributed by atoms with Gasteiger partial charge in [0.25, 0.3) is 30.4 Å². The maximum Gasteiger partial charge on any atom is 0.309 e. The average Bonchev–Trinajstić information content (AvgIpc) is 1.02. The van der Waals surface area contributed by atoms with Gasteiger partial charge >= 0.3 is 23.9 Å². The summed E-state index contributed by atoms with van der Waals surface area (Å²) in [7, 11) is -7.93. The SMILES string of the molecule is CCC(CC(CC(C)C(=O)OCCOC1CC1)C(=O)OCCOC)c1ccc(S(=O)(=O)O)cc1.CCC(CC(CC(C)c1ccccc1)C(=O)OCCOC)c1ccc(S(=O)(=O)O)cc1.CCCOC(=O)C(C)CC(CC(CC)c1ccc(S(=O)(=O)O)cc1)C(N)=O.COCC1CC1. The number of nitrogens with two attached hydrogens (primary N) is 1. The molecule has 9 unspecified atom stereocenters. The highest BCUT2D eigenvalue weighted by Crippen LogP contribution is 2.36. The van der Waals surface area contributed by atoms with E-state index in [-0.39, 0.29) is 95.0 Å². The molecule has 1 amide bonds. The molecular formula is C72H107NO22S3. The third kappa shape index (κ3) is 33.3. The van der Waals surface area contributed by atoms with Crippen molar-refractivity contribution in [1.82, 2.24) is 0 Å². The minimum absolute atomic E-state index is 0.0307. The zero-order chi connectivity index (χ0) is 73.0. The van der Waals surface area contributed by atoms with Crippen LogP contribution in [-0.2, 0) is 92.2 Å². The molecule has 0 bridgehead atoms. The van der Waals surface area contributed by atoms with E-state index in [4.69, 9.17) is 48.2 Å². The highest BCUT2D eigenvalue weighted by molar-refractivity contribution is 7.86. The molecule has 23 nitrogen and oxygen atoms in total. The van der Waals surface area contributed by atoms with E-state index in [0.29, 0.717) is 70.9 Å². The van der Waals surface area contributed by atoms with Crippen molar-refractivity contribution >= 4 is 60.1 Å². The molecule has 2 fully saturated rings. The predicted octanol–water partition coefficient (Wildman–Crippen LogP) is 12.1. The lowest BCUT2D eigenvalue weighted by Crippen LogP contribution is -2.29. The molecule has 4 aromatic rings. The van der Waals surface area contributed by atoms with E-state index in [1.165, 1.54) is 61.9 Å². The largest absolute Gasteiger partial charge is 0.465 e. The van der Waals surface area contributed by atoms with Crippen molar-refractivity contribution in [1.29, 1.82) is 0 Å².